The topological polar surface area (TPSA) is 72.5 Å². The summed E-state index contributed by atoms with van der Waals surface area (Å²) >= 11 is 0. The van der Waals surface area contributed by atoms with Crippen LogP contribution in [0.3, 0.4) is 0 Å². The summed E-state index contributed by atoms with van der Waals surface area (Å²) in [6.45, 7) is 6.65. The van der Waals surface area contributed by atoms with E-state index in [1.165, 1.54) is 13.0 Å². The molecule has 2 atom stereocenters. The van der Waals surface area contributed by atoms with Gasteiger partial charge in [0.2, 0.25) is 0 Å². The second-order valence-corrected chi connectivity index (χ2v) is 2.68. The molecule has 0 bridgehead atoms. The van der Waals surface area contributed by atoms with E-state index in [9.17, 15) is 9.90 Å². The molecule has 0 amide bonds. The molecule has 0 aromatic carbocycles. The molecule has 0 aliphatic carbocycles. The SMILES string of the molecule is C=C[C@H](O)[C@@](C)(N)C(=O)OCC. The van der Waals surface area contributed by atoms with E-state index in [4.69, 9.17) is 5.73 Å². The highest BCUT2D eigenvalue weighted by molar-refractivity contribution is 5.81. The molecule has 0 aromatic rings. The number of ether oxygens (including phenoxy) is 1. The standard InChI is InChI=1S/C8H15NO3/c1-4-6(10)8(3,9)7(11)12-5-2/h4,6,10H,1,5,9H2,2-3H3/t6-,8+/m0/s1. The average Bonchev–Trinajstić information content (AvgIpc) is 2.03. The van der Waals surface area contributed by atoms with Crippen LogP contribution in [0, 0.1) is 0 Å². The van der Waals surface area contributed by atoms with Gasteiger partial charge in [-0.25, -0.2) is 4.79 Å². The zero-order valence-electron chi connectivity index (χ0n) is 7.41. The van der Waals surface area contributed by atoms with Crippen LogP contribution >= 0.6 is 0 Å². The Morgan fingerprint density at radius 1 is 1.92 bits per heavy atom. The van der Waals surface area contributed by atoms with E-state index < -0.39 is 17.6 Å². The number of nitrogens with two attached hydrogens (primary N) is 1. The molecule has 70 valence electrons. The number of esters is 1. The van der Waals surface area contributed by atoms with Crippen LogP contribution in [-0.2, 0) is 9.53 Å². The van der Waals surface area contributed by atoms with E-state index in [0.717, 1.165) is 0 Å². The van der Waals surface area contributed by atoms with Crippen molar-refractivity contribution in [2.45, 2.75) is 25.5 Å². The van der Waals surface area contributed by atoms with Crippen molar-refractivity contribution in [2.75, 3.05) is 6.61 Å². The van der Waals surface area contributed by atoms with Crippen LogP contribution < -0.4 is 5.73 Å². The summed E-state index contributed by atoms with van der Waals surface area (Å²) in [5, 5.41) is 9.24. The van der Waals surface area contributed by atoms with Gasteiger partial charge in [0.1, 0.15) is 11.6 Å². The minimum Gasteiger partial charge on any atom is -0.465 e. The lowest BCUT2D eigenvalue weighted by Crippen LogP contribution is -2.54. The molecule has 0 saturated carbocycles. The third-order valence-electron chi connectivity index (χ3n) is 1.55. The average molecular weight is 173 g/mol. The Labute approximate surface area is 72.0 Å². The number of carbonyl (C=O) groups is 1. The lowest BCUT2D eigenvalue weighted by atomic mass is 9.96. The quantitative estimate of drug-likeness (QED) is 0.456. The molecule has 4 nitrogen and oxygen atoms in total. The van der Waals surface area contributed by atoms with Gasteiger partial charge in [0.05, 0.1) is 6.61 Å². The fourth-order valence-electron chi connectivity index (χ4n) is 0.652. The first kappa shape index (κ1) is 11.1. The number of carbonyl (C=O) groups excluding carboxylic acids is 1. The summed E-state index contributed by atoms with van der Waals surface area (Å²) in [7, 11) is 0. The van der Waals surface area contributed by atoms with Gasteiger partial charge in [-0.15, -0.1) is 6.58 Å². The van der Waals surface area contributed by atoms with Crippen LogP contribution in [0.25, 0.3) is 0 Å². The van der Waals surface area contributed by atoms with Crippen molar-refractivity contribution < 1.29 is 14.6 Å². The second kappa shape index (κ2) is 4.23. The molecule has 0 aliphatic rings. The van der Waals surface area contributed by atoms with Crippen LogP contribution in [0.2, 0.25) is 0 Å². The lowest BCUT2D eigenvalue weighted by molar-refractivity contribution is -0.152. The van der Waals surface area contributed by atoms with E-state index in [1.807, 2.05) is 0 Å². The zero-order valence-corrected chi connectivity index (χ0v) is 7.41. The molecule has 0 aliphatic heterocycles. The monoisotopic (exact) mass is 173 g/mol. The van der Waals surface area contributed by atoms with Gasteiger partial charge in [0.25, 0.3) is 0 Å². The van der Waals surface area contributed by atoms with Crippen molar-refractivity contribution >= 4 is 5.97 Å². The van der Waals surface area contributed by atoms with Crippen molar-refractivity contribution in [2.24, 2.45) is 5.73 Å². The fourth-order valence-corrected chi connectivity index (χ4v) is 0.652. The first-order chi connectivity index (χ1) is 5.46. The normalized spacial score (nSPS) is 17.7. The predicted octanol–water partition coefficient (Wildman–Crippen LogP) is -0.186. The van der Waals surface area contributed by atoms with Crippen LogP contribution in [0.15, 0.2) is 12.7 Å². The maximum atomic E-state index is 11.1. The van der Waals surface area contributed by atoms with Crippen LogP contribution in [0.1, 0.15) is 13.8 Å². The summed E-state index contributed by atoms with van der Waals surface area (Å²) < 4.78 is 4.66. The smallest absolute Gasteiger partial charge is 0.328 e. The zero-order chi connectivity index (χ0) is 9.78. The van der Waals surface area contributed by atoms with Crippen molar-refractivity contribution in [3.8, 4) is 0 Å². The number of hydrogen-bond acceptors (Lipinski definition) is 4. The molecule has 0 radical (unpaired) electrons. The van der Waals surface area contributed by atoms with E-state index in [-0.39, 0.29) is 6.61 Å². The van der Waals surface area contributed by atoms with Gasteiger partial charge in [0.15, 0.2) is 0 Å². The Hall–Kier alpha value is -0.870. The summed E-state index contributed by atoms with van der Waals surface area (Å²) in [6.07, 6.45) is 0.119. The minimum absolute atomic E-state index is 0.246. The third kappa shape index (κ3) is 2.32. The molecule has 0 unspecified atom stereocenters. The van der Waals surface area contributed by atoms with E-state index in [1.54, 1.807) is 6.92 Å². The largest absolute Gasteiger partial charge is 0.465 e. The molecule has 0 heterocycles. The first-order valence-electron chi connectivity index (χ1n) is 3.73. The van der Waals surface area contributed by atoms with Crippen LogP contribution in [0.4, 0.5) is 0 Å². The van der Waals surface area contributed by atoms with E-state index >= 15 is 0 Å². The van der Waals surface area contributed by atoms with E-state index in [2.05, 4.69) is 11.3 Å². The van der Waals surface area contributed by atoms with Gasteiger partial charge < -0.3 is 15.6 Å². The van der Waals surface area contributed by atoms with Crippen molar-refractivity contribution in [1.82, 2.24) is 0 Å². The summed E-state index contributed by atoms with van der Waals surface area (Å²) in [4.78, 5) is 11.1. The number of aliphatic hydroxyl groups is 1. The molecule has 4 heteroatoms. The minimum atomic E-state index is -1.40. The molecule has 0 spiro atoms. The molecule has 0 aromatic heterocycles. The van der Waals surface area contributed by atoms with Gasteiger partial charge in [-0.3, -0.25) is 0 Å². The van der Waals surface area contributed by atoms with Gasteiger partial charge in [0, 0.05) is 0 Å². The molecule has 0 fully saturated rings. The molecule has 0 rings (SSSR count). The van der Waals surface area contributed by atoms with Gasteiger partial charge in [-0.05, 0) is 13.8 Å². The summed E-state index contributed by atoms with van der Waals surface area (Å²) in [5.74, 6) is -0.627. The predicted molar refractivity (Wildman–Crippen MR) is 45.4 cm³/mol. The Morgan fingerprint density at radius 3 is 2.75 bits per heavy atom. The highest BCUT2D eigenvalue weighted by Crippen LogP contribution is 2.09. The number of hydrogen-bond donors (Lipinski definition) is 2. The summed E-state index contributed by atoms with van der Waals surface area (Å²) in [6, 6.07) is 0. The third-order valence-corrected chi connectivity index (χ3v) is 1.55. The Bertz CT molecular complexity index is 177. The number of aliphatic hydroxyl groups excluding tert-OH is 1. The molecular weight excluding hydrogens is 158 g/mol. The Morgan fingerprint density at radius 2 is 2.42 bits per heavy atom. The number of rotatable bonds is 4. The van der Waals surface area contributed by atoms with Gasteiger partial charge >= 0.3 is 5.97 Å². The van der Waals surface area contributed by atoms with E-state index in [0.29, 0.717) is 0 Å². The Balaban J connectivity index is 4.37. The maximum Gasteiger partial charge on any atom is 0.328 e. The van der Waals surface area contributed by atoms with Gasteiger partial charge in [-0.2, -0.15) is 0 Å². The first-order valence-corrected chi connectivity index (χ1v) is 3.73. The molecule has 0 saturated heterocycles. The van der Waals surface area contributed by atoms with Crippen LogP contribution in [-0.4, -0.2) is 29.3 Å². The Kier molecular flexibility index (Phi) is 3.92. The maximum absolute atomic E-state index is 11.1. The van der Waals surface area contributed by atoms with Crippen molar-refractivity contribution in [1.29, 1.82) is 0 Å². The fraction of sp³-hybridized carbons (Fsp3) is 0.625. The van der Waals surface area contributed by atoms with Crippen LogP contribution in [0.5, 0.6) is 0 Å². The highest BCUT2D eigenvalue weighted by atomic mass is 16.5. The summed E-state index contributed by atoms with van der Waals surface area (Å²) in [5.41, 5.74) is 4.10. The molecule has 12 heavy (non-hydrogen) atoms. The second-order valence-electron chi connectivity index (χ2n) is 2.68. The van der Waals surface area contributed by atoms with Crippen molar-refractivity contribution in [3.63, 3.8) is 0 Å². The lowest BCUT2D eigenvalue weighted by Gasteiger charge is -2.25. The van der Waals surface area contributed by atoms with Gasteiger partial charge in [-0.1, -0.05) is 6.08 Å². The highest BCUT2D eigenvalue weighted by Gasteiger charge is 2.36. The molecular formula is C8H15NO3. The van der Waals surface area contributed by atoms with Crippen molar-refractivity contribution in [3.05, 3.63) is 12.7 Å². The molecule has 3 N–H and O–H groups in total.